The molecule has 2 aromatic carbocycles. The van der Waals surface area contributed by atoms with Gasteiger partial charge in [-0.25, -0.2) is 0 Å². The third-order valence-corrected chi connectivity index (χ3v) is 3.89. The number of rotatable bonds is 6. The summed E-state index contributed by atoms with van der Waals surface area (Å²) in [5, 5.41) is 0. The van der Waals surface area contributed by atoms with Crippen LogP contribution >= 0.6 is 0 Å². The van der Waals surface area contributed by atoms with Gasteiger partial charge in [-0.05, 0) is 24.1 Å². The van der Waals surface area contributed by atoms with E-state index in [2.05, 4.69) is 0 Å². The lowest BCUT2D eigenvalue weighted by Gasteiger charge is -2.22. The zero-order valence-electron chi connectivity index (χ0n) is 14.1. The zero-order valence-corrected chi connectivity index (χ0v) is 14.1. The first-order valence-corrected chi connectivity index (χ1v) is 7.60. The monoisotopic (exact) mass is 313 g/mol. The maximum absolute atomic E-state index is 12.7. The molecule has 122 valence electrons. The second-order valence-corrected chi connectivity index (χ2v) is 5.53. The Hall–Kier alpha value is -2.49. The molecule has 0 aliphatic rings. The van der Waals surface area contributed by atoms with E-state index in [-0.39, 0.29) is 11.8 Å². The molecule has 0 aliphatic heterocycles. The zero-order chi connectivity index (χ0) is 16.8. The second kappa shape index (κ2) is 7.68. The molecule has 1 atom stereocenters. The Morgan fingerprint density at radius 1 is 1.04 bits per heavy atom. The highest BCUT2D eigenvalue weighted by atomic mass is 16.5. The minimum atomic E-state index is -0.101. The van der Waals surface area contributed by atoms with Crippen molar-refractivity contribution in [1.82, 2.24) is 0 Å². The van der Waals surface area contributed by atoms with Crippen molar-refractivity contribution in [2.24, 2.45) is 5.92 Å². The molecule has 0 radical (unpaired) electrons. The number of hydrogen-bond acceptors (Lipinski definition) is 3. The van der Waals surface area contributed by atoms with Gasteiger partial charge in [0.25, 0.3) is 0 Å². The highest BCUT2D eigenvalue weighted by Gasteiger charge is 2.20. The van der Waals surface area contributed by atoms with E-state index >= 15 is 0 Å². The highest BCUT2D eigenvalue weighted by molar-refractivity contribution is 5.94. The van der Waals surface area contributed by atoms with Crippen LogP contribution in [0.2, 0.25) is 0 Å². The predicted molar refractivity (Wildman–Crippen MR) is 92.3 cm³/mol. The molecular formula is C19H23NO3. The average molecular weight is 313 g/mol. The van der Waals surface area contributed by atoms with E-state index in [0.717, 1.165) is 17.7 Å². The van der Waals surface area contributed by atoms with Gasteiger partial charge in [-0.3, -0.25) is 4.79 Å². The molecule has 0 bridgehead atoms. The number of nitrogens with zero attached hydrogens (tertiary/aromatic N) is 1. The largest absolute Gasteiger partial charge is 0.493 e. The maximum Gasteiger partial charge on any atom is 0.229 e. The van der Waals surface area contributed by atoms with E-state index in [1.165, 1.54) is 0 Å². The molecule has 0 aliphatic carbocycles. The van der Waals surface area contributed by atoms with Crippen LogP contribution in [0.1, 0.15) is 12.5 Å². The van der Waals surface area contributed by atoms with Crippen molar-refractivity contribution in [1.29, 1.82) is 0 Å². The van der Waals surface area contributed by atoms with Gasteiger partial charge in [-0.15, -0.1) is 0 Å². The number of carbonyl (C=O) groups is 1. The SMILES string of the molecule is COc1ccc(N(C)C(=O)C(C)Cc2ccccc2)cc1OC. The fourth-order valence-electron chi connectivity index (χ4n) is 2.55. The van der Waals surface area contributed by atoms with Crippen LogP contribution in [0.5, 0.6) is 11.5 Å². The Morgan fingerprint density at radius 2 is 1.70 bits per heavy atom. The minimum absolute atomic E-state index is 0.0704. The molecule has 0 heterocycles. The Balaban J connectivity index is 2.12. The summed E-state index contributed by atoms with van der Waals surface area (Å²) in [6.07, 6.45) is 0.720. The van der Waals surface area contributed by atoms with Crippen LogP contribution in [0.15, 0.2) is 48.5 Å². The van der Waals surface area contributed by atoms with Crippen LogP contribution < -0.4 is 14.4 Å². The van der Waals surface area contributed by atoms with E-state index in [0.29, 0.717) is 11.5 Å². The number of methoxy groups -OCH3 is 2. The molecule has 0 saturated heterocycles. The summed E-state index contributed by atoms with van der Waals surface area (Å²) in [5.74, 6) is 1.23. The van der Waals surface area contributed by atoms with E-state index < -0.39 is 0 Å². The van der Waals surface area contributed by atoms with Crippen molar-refractivity contribution in [3.05, 3.63) is 54.1 Å². The van der Waals surface area contributed by atoms with Crippen molar-refractivity contribution in [2.45, 2.75) is 13.3 Å². The third kappa shape index (κ3) is 4.03. The lowest BCUT2D eigenvalue weighted by molar-refractivity contribution is -0.121. The summed E-state index contributed by atoms with van der Waals surface area (Å²) >= 11 is 0. The summed E-state index contributed by atoms with van der Waals surface area (Å²) in [6, 6.07) is 15.5. The molecule has 0 N–H and O–H groups in total. The summed E-state index contributed by atoms with van der Waals surface area (Å²) in [5.41, 5.74) is 1.95. The van der Waals surface area contributed by atoms with Crippen molar-refractivity contribution in [3.8, 4) is 11.5 Å². The summed E-state index contributed by atoms with van der Waals surface area (Å²) in [4.78, 5) is 14.3. The Morgan fingerprint density at radius 3 is 2.30 bits per heavy atom. The molecule has 0 spiro atoms. The number of hydrogen-bond donors (Lipinski definition) is 0. The first-order chi connectivity index (χ1) is 11.1. The summed E-state index contributed by atoms with van der Waals surface area (Å²) in [6.45, 7) is 1.95. The molecule has 2 rings (SSSR count). The predicted octanol–water partition coefficient (Wildman–Crippen LogP) is 3.55. The molecule has 23 heavy (non-hydrogen) atoms. The van der Waals surface area contributed by atoms with E-state index in [4.69, 9.17) is 9.47 Å². The van der Waals surface area contributed by atoms with E-state index in [1.54, 1.807) is 32.2 Å². The number of anilines is 1. The molecule has 0 aromatic heterocycles. The fourth-order valence-corrected chi connectivity index (χ4v) is 2.55. The van der Waals surface area contributed by atoms with Gasteiger partial charge in [-0.2, -0.15) is 0 Å². The van der Waals surface area contributed by atoms with Gasteiger partial charge >= 0.3 is 0 Å². The van der Waals surface area contributed by atoms with Crippen LogP contribution in [0.25, 0.3) is 0 Å². The Bertz CT molecular complexity index is 655. The van der Waals surface area contributed by atoms with Crippen LogP contribution in [-0.2, 0) is 11.2 Å². The Kier molecular flexibility index (Phi) is 5.63. The van der Waals surface area contributed by atoms with Gasteiger partial charge in [0.15, 0.2) is 11.5 Å². The highest BCUT2D eigenvalue weighted by Crippen LogP contribution is 2.31. The first-order valence-electron chi connectivity index (χ1n) is 7.60. The molecule has 2 aromatic rings. The summed E-state index contributed by atoms with van der Waals surface area (Å²) < 4.78 is 10.5. The minimum Gasteiger partial charge on any atom is -0.493 e. The van der Waals surface area contributed by atoms with Crippen LogP contribution in [0.4, 0.5) is 5.69 Å². The van der Waals surface area contributed by atoms with Crippen molar-refractivity contribution < 1.29 is 14.3 Å². The summed E-state index contributed by atoms with van der Waals surface area (Å²) in [7, 11) is 4.96. The normalized spacial score (nSPS) is 11.7. The van der Waals surface area contributed by atoms with Gasteiger partial charge in [0.2, 0.25) is 5.91 Å². The van der Waals surface area contributed by atoms with Crippen molar-refractivity contribution in [3.63, 3.8) is 0 Å². The van der Waals surface area contributed by atoms with Crippen molar-refractivity contribution >= 4 is 11.6 Å². The number of ether oxygens (including phenoxy) is 2. The average Bonchev–Trinajstić information content (AvgIpc) is 2.60. The lowest BCUT2D eigenvalue weighted by atomic mass is 10.00. The van der Waals surface area contributed by atoms with Gasteiger partial charge in [-0.1, -0.05) is 37.3 Å². The van der Waals surface area contributed by atoms with E-state index in [1.807, 2.05) is 49.4 Å². The van der Waals surface area contributed by atoms with Gasteiger partial charge in [0, 0.05) is 24.7 Å². The van der Waals surface area contributed by atoms with E-state index in [9.17, 15) is 4.79 Å². The molecular weight excluding hydrogens is 290 g/mol. The standard InChI is InChI=1S/C19H23NO3/c1-14(12-15-8-6-5-7-9-15)19(21)20(2)16-10-11-17(22-3)18(13-16)23-4/h5-11,13-14H,12H2,1-4H3. The first kappa shape index (κ1) is 16.9. The molecule has 4 nitrogen and oxygen atoms in total. The molecule has 1 unspecified atom stereocenters. The number of amides is 1. The van der Waals surface area contributed by atoms with Crippen LogP contribution in [-0.4, -0.2) is 27.2 Å². The smallest absolute Gasteiger partial charge is 0.229 e. The number of carbonyl (C=O) groups excluding carboxylic acids is 1. The lowest BCUT2D eigenvalue weighted by Crippen LogP contribution is -2.32. The fraction of sp³-hybridized carbons (Fsp3) is 0.316. The van der Waals surface area contributed by atoms with Gasteiger partial charge in [0.1, 0.15) is 0 Å². The van der Waals surface area contributed by atoms with Crippen LogP contribution in [0, 0.1) is 5.92 Å². The second-order valence-electron chi connectivity index (χ2n) is 5.53. The van der Waals surface area contributed by atoms with Crippen LogP contribution in [0.3, 0.4) is 0 Å². The quantitative estimate of drug-likeness (QED) is 0.818. The Labute approximate surface area is 137 Å². The topological polar surface area (TPSA) is 38.8 Å². The maximum atomic E-state index is 12.7. The van der Waals surface area contributed by atoms with Gasteiger partial charge in [0.05, 0.1) is 14.2 Å². The molecule has 1 amide bonds. The molecule has 0 saturated carbocycles. The van der Waals surface area contributed by atoms with Crippen molar-refractivity contribution in [2.75, 3.05) is 26.2 Å². The molecule has 0 fully saturated rings. The number of benzene rings is 2. The third-order valence-electron chi connectivity index (χ3n) is 3.89. The van der Waals surface area contributed by atoms with Gasteiger partial charge < -0.3 is 14.4 Å². The molecule has 4 heteroatoms.